The number of benzene rings is 1. The maximum Gasteiger partial charge on any atom is 0.158 e. The normalized spacial score (nSPS) is 15.5. The predicted octanol–water partition coefficient (Wildman–Crippen LogP) is 1.99. The van der Waals surface area contributed by atoms with Crippen molar-refractivity contribution in [3.8, 4) is 0 Å². The Kier molecular flexibility index (Phi) is 5.15. The van der Waals surface area contributed by atoms with E-state index in [1.807, 2.05) is 44.2 Å². The van der Waals surface area contributed by atoms with Gasteiger partial charge in [-0.1, -0.05) is 37.3 Å². The van der Waals surface area contributed by atoms with Gasteiger partial charge in [0.15, 0.2) is 9.84 Å². The van der Waals surface area contributed by atoms with Gasteiger partial charge in [-0.25, -0.2) is 8.42 Å². The Morgan fingerprint density at radius 2 is 1.76 bits per heavy atom. The van der Waals surface area contributed by atoms with E-state index in [-0.39, 0.29) is 17.0 Å². The van der Waals surface area contributed by atoms with Crippen LogP contribution in [0.1, 0.15) is 26.3 Å². The topological polar surface area (TPSA) is 46.2 Å². The van der Waals surface area contributed by atoms with Crippen molar-refractivity contribution in [3.63, 3.8) is 0 Å². The molecule has 0 bridgehead atoms. The third kappa shape index (κ3) is 4.13. The van der Waals surface area contributed by atoms with E-state index in [2.05, 4.69) is 5.32 Å². The third-order valence-corrected chi connectivity index (χ3v) is 5.28. The molecule has 0 aliphatic heterocycles. The molecule has 1 aromatic rings. The average Bonchev–Trinajstić information content (AvgIpc) is 2.29. The lowest BCUT2D eigenvalue weighted by molar-refractivity contribution is 0.520. The van der Waals surface area contributed by atoms with E-state index >= 15 is 0 Å². The molecule has 0 amide bonds. The molecule has 96 valence electrons. The van der Waals surface area contributed by atoms with Crippen LogP contribution in [-0.4, -0.2) is 26.3 Å². The number of sulfone groups is 1. The summed E-state index contributed by atoms with van der Waals surface area (Å²) < 4.78 is 24.4. The molecular weight excluding hydrogens is 234 g/mol. The highest BCUT2D eigenvalue weighted by Crippen LogP contribution is 2.13. The van der Waals surface area contributed by atoms with Crippen molar-refractivity contribution in [2.75, 3.05) is 6.54 Å². The highest BCUT2D eigenvalue weighted by atomic mass is 32.2. The summed E-state index contributed by atoms with van der Waals surface area (Å²) >= 11 is 0. The lowest BCUT2D eigenvalue weighted by Crippen LogP contribution is -2.40. The van der Waals surface area contributed by atoms with E-state index in [0.717, 1.165) is 12.1 Å². The minimum absolute atomic E-state index is 0.0197. The lowest BCUT2D eigenvalue weighted by Gasteiger charge is -2.20. The van der Waals surface area contributed by atoms with Gasteiger partial charge in [0.05, 0.1) is 11.0 Å². The molecule has 17 heavy (non-hydrogen) atoms. The Balaban J connectivity index is 2.75. The molecule has 0 aromatic heterocycles. The number of rotatable bonds is 6. The van der Waals surface area contributed by atoms with Crippen molar-refractivity contribution < 1.29 is 8.42 Å². The van der Waals surface area contributed by atoms with Crippen molar-refractivity contribution in [1.29, 1.82) is 0 Å². The highest BCUT2D eigenvalue weighted by Gasteiger charge is 2.25. The molecule has 0 heterocycles. The molecule has 1 aromatic carbocycles. The third-order valence-electron chi connectivity index (χ3n) is 3.01. The Hall–Kier alpha value is -0.870. The minimum Gasteiger partial charge on any atom is -0.313 e. The van der Waals surface area contributed by atoms with E-state index in [0.29, 0.717) is 0 Å². The zero-order chi connectivity index (χ0) is 12.9. The molecule has 4 heteroatoms. The molecule has 1 N–H and O–H groups in total. The molecule has 0 radical (unpaired) electrons. The highest BCUT2D eigenvalue weighted by molar-refractivity contribution is 7.91. The second-order valence-corrected chi connectivity index (χ2v) is 6.70. The van der Waals surface area contributed by atoms with Gasteiger partial charge in [-0.3, -0.25) is 0 Å². The van der Waals surface area contributed by atoms with Gasteiger partial charge < -0.3 is 5.32 Å². The second kappa shape index (κ2) is 6.17. The monoisotopic (exact) mass is 255 g/mol. The Bertz CT molecular complexity index is 428. The summed E-state index contributed by atoms with van der Waals surface area (Å²) in [6.45, 7) is 6.45. The fraction of sp³-hybridized carbons (Fsp3) is 0.538. The summed E-state index contributed by atoms with van der Waals surface area (Å²) in [7, 11) is -3.10. The summed E-state index contributed by atoms with van der Waals surface area (Å²) in [5, 5.41) is 2.79. The summed E-state index contributed by atoms with van der Waals surface area (Å²) in [5.41, 5.74) is 0.850. The zero-order valence-electron chi connectivity index (χ0n) is 10.7. The first-order chi connectivity index (χ1) is 7.97. The van der Waals surface area contributed by atoms with Crippen LogP contribution in [0.15, 0.2) is 30.3 Å². The average molecular weight is 255 g/mol. The van der Waals surface area contributed by atoms with Gasteiger partial charge in [0.25, 0.3) is 0 Å². The van der Waals surface area contributed by atoms with Gasteiger partial charge in [-0.2, -0.15) is 0 Å². The predicted molar refractivity (Wildman–Crippen MR) is 71.7 cm³/mol. The maximum atomic E-state index is 12.2. The second-order valence-electron chi connectivity index (χ2n) is 4.34. The smallest absolute Gasteiger partial charge is 0.158 e. The summed E-state index contributed by atoms with van der Waals surface area (Å²) in [6.07, 6.45) is 0. The van der Waals surface area contributed by atoms with Gasteiger partial charge in [-0.05, 0) is 26.0 Å². The number of nitrogens with one attached hydrogen (secondary N) is 1. The molecule has 2 unspecified atom stereocenters. The van der Waals surface area contributed by atoms with Gasteiger partial charge in [-0.15, -0.1) is 0 Å². The molecule has 0 aliphatic carbocycles. The van der Waals surface area contributed by atoms with Crippen molar-refractivity contribution in [2.45, 2.75) is 37.8 Å². The number of hydrogen-bond donors (Lipinski definition) is 1. The van der Waals surface area contributed by atoms with Crippen LogP contribution in [0.4, 0.5) is 0 Å². The van der Waals surface area contributed by atoms with E-state index in [9.17, 15) is 8.42 Å². The molecule has 0 spiro atoms. The SMILES string of the molecule is CCNC(C)C(C)S(=O)(=O)Cc1ccccc1. The van der Waals surface area contributed by atoms with Crippen LogP contribution < -0.4 is 5.32 Å². The molecular formula is C13H21NO2S. The minimum atomic E-state index is -3.10. The molecule has 3 nitrogen and oxygen atoms in total. The molecule has 0 saturated carbocycles. The van der Waals surface area contributed by atoms with E-state index in [4.69, 9.17) is 0 Å². The zero-order valence-corrected chi connectivity index (χ0v) is 11.5. The molecule has 1 rings (SSSR count). The van der Waals surface area contributed by atoms with E-state index in [1.54, 1.807) is 6.92 Å². The van der Waals surface area contributed by atoms with Crippen LogP contribution in [0.2, 0.25) is 0 Å². The molecule has 0 aliphatic rings. The summed E-state index contributed by atoms with van der Waals surface area (Å²) in [5.74, 6) is 0.116. The van der Waals surface area contributed by atoms with Gasteiger partial charge in [0.1, 0.15) is 0 Å². The van der Waals surface area contributed by atoms with Crippen molar-refractivity contribution >= 4 is 9.84 Å². The first-order valence-corrected chi connectivity index (χ1v) is 7.67. The van der Waals surface area contributed by atoms with Gasteiger partial charge in [0.2, 0.25) is 0 Å². The Morgan fingerprint density at radius 1 is 1.18 bits per heavy atom. The van der Waals surface area contributed by atoms with Crippen molar-refractivity contribution in [3.05, 3.63) is 35.9 Å². The standard InChI is InChI=1S/C13H21NO2S/c1-4-14-11(2)12(3)17(15,16)10-13-8-6-5-7-9-13/h5-9,11-12,14H,4,10H2,1-3H3. The van der Waals surface area contributed by atoms with Crippen LogP contribution in [0.5, 0.6) is 0 Å². The Labute approximate surface area is 104 Å². The van der Waals surface area contributed by atoms with Crippen LogP contribution in [0.3, 0.4) is 0 Å². The summed E-state index contributed by atoms with van der Waals surface area (Å²) in [6, 6.07) is 9.30. The van der Waals surface area contributed by atoms with Crippen LogP contribution in [-0.2, 0) is 15.6 Å². The first kappa shape index (κ1) is 14.2. The van der Waals surface area contributed by atoms with Crippen LogP contribution >= 0.6 is 0 Å². The van der Waals surface area contributed by atoms with Gasteiger partial charge >= 0.3 is 0 Å². The molecule has 0 saturated heterocycles. The first-order valence-electron chi connectivity index (χ1n) is 5.96. The quantitative estimate of drug-likeness (QED) is 0.845. The fourth-order valence-electron chi connectivity index (χ4n) is 1.74. The van der Waals surface area contributed by atoms with Gasteiger partial charge in [0, 0.05) is 6.04 Å². The van der Waals surface area contributed by atoms with E-state index < -0.39 is 9.84 Å². The lowest BCUT2D eigenvalue weighted by atomic mass is 10.2. The van der Waals surface area contributed by atoms with E-state index in [1.165, 1.54) is 0 Å². The Morgan fingerprint density at radius 3 is 2.29 bits per heavy atom. The van der Waals surface area contributed by atoms with Crippen LogP contribution in [0.25, 0.3) is 0 Å². The molecule has 0 fully saturated rings. The van der Waals surface area contributed by atoms with Crippen LogP contribution in [0, 0.1) is 0 Å². The summed E-state index contributed by atoms with van der Waals surface area (Å²) in [4.78, 5) is 0. The van der Waals surface area contributed by atoms with Crippen molar-refractivity contribution in [2.24, 2.45) is 0 Å². The van der Waals surface area contributed by atoms with Crippen molar-refractivity contribution in [1.82, 2.24) is 5.32 Å². The molecule has 2 atom stereocenters. The fourth-order valence-corrected chi connectivity index (χ4v) is 3.38. The largest absolute Gasteiger partial charge is 0.313 e. The maximum absolute atomic E-state index is 12.2. The number of hydrogen-bond acceptors (Lipinski definition) is 3.